The van der Waals surface area contributed by atoms with Gasteiger partial charge in [0.15, 0.2) is 0 Å². The van der Waals surface area contributed by atoms with Crippen molar-refractivity contribution in [2.45, 2.75) is 46.1 Å². The fourth-order valence-electron chi connectivity index (χ4n) is 2.24. The van der Waals surface area contributed by atoms with Gasteiger partial charge in [0.2, 0.25) is 0 Å². The van der Waals surface area contributed by atoms with Crippen molar-refractivity contribution in [2.75, 3.05) is 0 Å². The molecule has 0 heterocycles. The number of aliphatic hydroxyl groups is 1. The Morgan fingerprint density at radius 1 is 1.50 bits per heavy atom. The second-order valence-electron chi connectivity index (χ2n) is 5.03. The highest BCUT2D eigenvalue weighted by Crippen LogP contribution is 2.40. The second kappa shape index (κ2) is 3.37. The van der Waals surface area contributed by atoms with E-state index in [1.165, 1.54) is 0 Å². The predicted molar refractivity (Wildman–Crippen MR) is 51.6 cm³/mol. The van der Waals surface area contributed by atoms with Gasteiger partial charge in [-0.1, -0.05) is 20.8 Å². The SMILES string of the molecule is [CH2][C@]1(C)CC[C@@H](C(C)C)[C@H](O)C1. The molecule has 1 heteroatoms. The summed E-state index contributed by atoms with van der Waals surface area (Å²) in [7, 11) is 0. The summed E-state index contributed by atoms with van der Waals surface area (Å²) >= 11 is 0. The third-order valence-electron chi connectivity index (χ3n) is 3.13. The Balaban J connectivity index is 2.54. The molecule has 12 heavy (non-hydrogen) atoms. The van der Waals surface area contributed by atoms with Crippen molar-refractivity contribution in [1.29, 1.82) is 0 Å². The third kappa shape index (κ3) is 2.22. The normalized spacial score (nSPS) is 35.5. The standard InChI is InChI=1S/C11H21O/c1-8(2)9-5-6-11(3,4)7-10(9)12/h8-10,12H,3,5-7H2,1-2,4H3/t9-,10+,11-/m0/s1. The Labute approximate surface area is 76.2 Å². The number of hydrogen-bond donors (Lipinski definition) is 1. The van der Waals surface area contributed by atoms with E-state index in [2.05, 4.69) is 27.7 Å². The molecule has 0 unspecified atom stereocenters. The van der Waals surface area contributed by atoms with Gasteiger partial charge in [0, 0.05) is 0 Å². The van der Waals surface area contributed by atoms with Crippen LogP contribution in [0.3, 0.4) is 0 Å². The maximum atomic E-state index is 9.83. The Morgan fingerprint density at radius 2 is 2.08 bits per heavy atom. The van der Waals surface area contributed by atoms with Gasteiger partial charge in [0.05, 0.1) is 6.10 Å². The van der Waals surface area contributed by atoms with Gasteiger partial charge in [0.25, 0.3) is 0 Å². The van der Waals surface area contributed by atoms with Gasteiger partial charge >= 0.3 is 0 Å². The minimum Gasteiger partial charge on any atom is -0.393 e. The highest BCUT2D eigenvalue weighted by molar-refractivity contribution is 4.89. The van der Waals surface area contributed by atoms with Gasteiger partial charge < -0.3 is 5.11 Å². The van der Waals surface area contributed by atoms with Crippen molar-refractivity contribution >= 4 is 0 Å². The lowest BCUT2D eigenvalue weighted by molar-refractivity contribution is 0.00527. The summed E-state index contributed by atoms with van der Waals surface area (Å²) in [5.41, 5.74) is 0.116. The summed E-state index contributed by atoms with van der Waals surface area (Å²) in [6, 6.07) is 0. The minimum atomic E-state index is -0.124. The highest BCUT2D eigenvalue weighted by atomic mass is 16.3. The maximum Gasteiger partial charge on any atom is 0.0576 e. The molecule has 1 radical (unpaired) electrons. The molecule has 0 amide bonds. The van der Waals surface area contributed by atoms with Gasteiger partial charge in [0.1, 0.15) is 0 Å². The Hall–Kier alpha value is -0.0400. The van der Waals surface area contributed by atoms with Crippen LogP contribution in [0.1, 0.15) is 40.0 Å². The number of rotatable bonds is 1. The monoisotopic (exact) mass is 169 g/mol. The van der Waals surface area contributed by atoms with Crippen molar-refractivity contribution in [3.8, 4) is 0 Å². The Kier molecular flexibility index (Phi) is 2.82. The summed E-state index contributed by atoms with van der Waals surface area (Å²) in [5, 5.41) is 9.83. The molecule has 1 fully saturated rings. The maximum absolute atomic E-state index is 9.83. The van der Waals surface area contributed by atoms with E-state index in [4.69, 9.17) is 0 Å². The van der Waals surface area contributed by atoms with Crippen LogP contribution in [0.15, 0.2) is 0 Å². The lowest BCUT2D eigenvalue weighted by Gasteiger charge is -2.39. The molecule has 1 N–H and O–H groups in total. The van der Waals surface area contributed by atoms with Gasteiger partial charge in [-0.2, -0.15) is 0 Å². The third-order valence-corrected chi connectivity index (χ3v) is 3.13. The molecular weight excluding hydrogens is 148 g/mol. The first-order valence-corrected chi connectivity index (χ1v) is 4.96. The summed E-state index contributed by atoms with van der Waals surface area (Å²) in [5.74, 6) is 1.11. The summed E-state index contributed by atoms with van der Waals surface area (Å²) in [6.07, 6.45) is 3.04. The van der Waals surface area contributed by atoms with Crippen molar-refractivity contribution < 1.29 is 5.11 Å². The predicted octanol–water partition coefficient (Wildman–Crippen LogP) is 2.64. The first-order chi connectivity index (χ1) is 5.42. The molecule has 0 bridgehead atoms. The lowest BCUT2D eigenvalue weighted by atomic mass is 9.68. The lowest BCUT2D eigenvalue weighted by Crippen LogP contribution is -2.36. The van der Waals surface area contributed by atoms with Crippen LogP contribution in [0.2, 0.25) is 0 Å². The summed E-state index contributed by atoms with van der Waals surface area (Å²) < 4.78 is 0. The molecule has 1 nitrogen and oxygen atoms in total. The molecule has 3 atom stereocenters. The van der Waals surface area contributed by atoms with Gasteiger partial charge in [-0.25, -0.2) is 0 Å². The van der Waals surface area contributed by atoms with Crippen molar-refractivity contribution in [2.24, 2.45) is 17.3 Å². The van der Waals surface area contributed by atoms with E-state index in [1.54, 1.807) is 0 Å². The molecule has 0 aromatic heterocycles. The Morgan fingerprint density at radius 3 is 2.50 bits per heavy atom. The van der Waals surface area contributed by atoms with Crippen LogP contribution < -0.4 is 0 Å². The molecule has 0 aromatic rings. The average Bonchev–Trinajstić information content (AvgIpc) is 1.83. The van der Waals surface area contributed by atoms with Gasteiger partial charge in [-0.3, -0.25) is 0 Å². The van der Waals surface area contributed by atoms with E-state index in [-0.39, 0.29) is 11.5 Å². The molecule has 1 aliphatic carbocycles. The van der Waals surface area contributed by atoms with Crippen molar-refractivity contribution in [1.82, 2.24) is 0 Å². The van der Waals surface area contributed by atoms with E-state index in [0.717, 1.165) is 19.3 Å². The molecule has 71 valence electrons. The van der Waals surface area contributed by atoms with Crippen LogP contribution in [0.25, 0.3) is 0 Å². The molecule has 1 saturated carbocycles. The fourth-order valence-corrected chi connectivity index (χ4v) is 2.24. The van der Waals surface area contributed by atoms with E-state index >= 15 is 0 Å². The second-order valence-corrected chi connectivity index (χ2v) is 5.03. The van der Waals surface area contributed by atoms with E-state index < -0.39 is 0 Å². The Bertz CT molecular complexity index is 149. The van der Waals surface area contributed by atoms with E-state index in [1.807, 2.05) is 0 Å². The molecule has 0 spiro atoms. The summed E-state index contributed by atoms with van der Waals surface area (Å²) in [6.45, 7) is 10.6. The zero-order valence-electron chi connectivity index (χ0n) is 8.51. The molecule has 0 aromatic carbocycles. The van der Waals surface area contributed by atoms with Crippen molar-refractivity contribution in [3.63, 3.8) is 0 Å². The largest absolute Gasteiger partial charge is 0.393 e. The quantitative estimate of drug-likeness (QED) is 0.640. The van der Waals surface area contributed by atoms with Crippen LogP contribution in [0.5, 0.6) is 0 Å². The van der Waals surface area contributed by atoms with Crippen LogP contribution in [0, 0.1) is 24.2 Å². The van der Waals surface area contributed by atoms with E-state index in [0.29, 0.717) is 11.8 Å². The zero-order chi connectivity index (χ0) is 9.35. The van der Waals surface area contributed by atoms with Crippen LogP contribution in [-0.2, 0) is 0 Å². The molecule has 1 aliphatic rings. The molecule has 0 saturated heterocycles. The average molecular weight is 169 g/mol. The van der Waals surface area contributed by atoms with Crippen LogP contribution >= 0.6 is 0 Å². The van der Waals surface area contributed by atoms with Crippen LogP contribution in [0.4, 0.5) is 0 Å². The summed E-state index contributed by atoms with van der Waals surface area (Å²) in [4.78, 5) is 0. The molecular formula is C11H21O. The van der Waals surface area contributed by atoms with Crippen LogP contribution in [-0.4, -0.2) is 11.2 Å². The first-order valence-electron chi connectivity index (χ1n) is 4.96. The molecule has 0 aliphatic heterocycles. The fraction of sp³-hybridized carbons (Fsp3) is 0.909. The minimum absolute atomic E-state index is 0.116. The van der Waals surface area contributed by atoms with Crippen molar-refractivity contribution in [3.05, 3.63) is 6.92 Å². The van der Waals surface area contributed by atoms with Gasteiger partial charge in [-0.15, -0.1) is 0 Å². The van der Waals surface area contributed by atoms with Gasteiger partial charge in [-0.05, 0) is 43.4 Å². The first kappa shape index (κ1) is 10.0. The molecule has 1 rings (SSSR count). The zero-order valence-corrected chi connectivity index (χ0v) is 8.51. The smallest absolute Gasteiger partial charge is 0.0576 e. The number of hydrogen-bond acceptors (Lipinski definition) is 1. The number of aliphatic hydroxyl groups excluding tert-OH is 1. The topological polar surface area (TPSA) is 20.2 Å². The van der Waals surface area contributed by atoms with E-state index in [9.17, 15) is 5.11 Å². The highest BCUT2D eigenvalue weighted by Gasteiger charge is 2.34.